The number of nitrogens with zero attached hydrogens (tertiary/aromatic N) is 4. The number of ether oxygens (including phenoxy) is 1. The van der Waals surface area contributed by atoms with Crippen LogP contribution in [0.3, 0.4) is 0 Å². The maximum Gasteiger partial charge on any atom is 0.409 e. The molecule has 1 aromatic heterocycles. The van der Waals surface area contributed by atoms with Crippen LogP contribution in [0, 0.1) is 0 Å². The number of anilines is 1. The third-order valence-corrected chi connectivity index (χ3v) is 4.91. The van der Waals surface area contributed by atoms with Gasteiger partial charge in [-0.1, -0.05) is 0 Å². The van der Waals surface area contributed by atoms with E-state index in [0.717, 1.165) is 29.6 Å². The van der Waals surface area contributed by atoms with Crippen molar-refractivity contribution in [1.82, 2.24) is 20.5 Å². The summed E-state index contributed by atoms with van der Waals surface area (Å²) in [6, 6.07) is 0.296. The van der Waals surface area contributed by atoms with Gasteiger partial charge in [0.15, 0.2) is 11.1 Å². The Kier molecular flexibility index (Phi) is 6.65. The van der Waals surface area contributed by atoms with Crippen LogP contribution in [0.2, 0.25) is 0 Å². The topological polar surface area (TPSA) is 82.1 Å². The van der Waals surface area contributed by atoms with Crippen LogP contribution in [0.5, 0.6) is 0 Å². The molecule has 134 valence electrons. The van der Waals surface area contributed by atoms with Gasteiger partial charge in [-0.25, -0.2) is 9.78 Å². The molecule has 0 aliphatic carbocycles. The Labute approximate surface area is 146 Å². The van der Waals surface area contributed by atoms with Crippen molar-refractivity contribution in [1.29, 1.82) is 0 Å². The molecule has 0 radical (unpaired) electrons. The lowest BCUT2D eigenvalue weighted by molar-refractivity contribution is 0.111. The summed E-state index contributed by atoms with van der Waals surface area (Å²) in [7, 11) is 7.14. The third kappa shape index (κ3) is 4.98. The van der Waals surface area contributed by atoms with E-state index in [1.807, 2.05) is 24.4 Å². The second-order valence-electron chi connectivity index (χ2n) is 5.82. The number of guanidine groups is 1. The summed E-state index contributed by atoms with van der Waals surface area (Å²) in [5, 5.41) is 9.73. The Hall–Kier alpha value is -2.03. The molecule has 1 amide bonds. The minimum atomic E-state index is -0.254. The molecule has 8 nitrogen and oxygen atoms in total. The van der Waals surface area contributed by atoms with Crippen LogP contribution in [0.1, 0.15) is 18.5 Å². The van der Waals surface area contributed by atoms with Crippen molar-refractivity contribution >= 4 is 28.5 Å². The fourth-order valence-electron chi connectivity index (χ4n) is 2.48. The van der Waals surface area contributed by atoms with Gasteiger partial charge in [-0.05, 0) is 12.8 Å². The van der Waals surface area contributed by atoms with Crippen molar-refractivity contribution in [2.45, 2.75) is 25.4 Å². The molecule has 1 aliphatic rings. The fourth-order valence-corrected chi connectivity index (χ4v) is 3.24. The minimum absolute atomic E-state index is 0.254. The molecule has 0 atom stereocenters. The van der Waals surface area contributed by atoms with Gasteiger partial charge in [-0.3, -0.25) is 4.99 Å². The Bertz CT molecular complexity index is 566. The summed E-state index contributed by atoms with van der Waals surface area (Å²) in [6.45, 7) is 2.02. The van der Waals surface area contributed by atoms with E-state index in [1.165, 1.54) is 7.11 Å². The predicted molar refractivity (Wildman–Crippen MR) is 96.8 cm³/mol. The second kappa shape index (κ2) is 8.72. The summed E-state index contributed by atoms with van der Waals surface area (Å²) in [5.74, 6) is 0.755. The molecule has 2 N–H and O–H groups in total. The zero-order chi connectivity index (χ0) is 17.5. The number of carbonyl (C=O) groups is 1. The Balaban J connectivity index is 1.77. The van der Waals surface area contributed by atoms with E-state index in [0.29, 0.717) is 25.7 Å². The molecule has 0 aromatic carbocycles. The lowest BCUT2D eigenvalue weighted by Crippen LogP contribution is -2.49. The molecule has 24 heavy (non-hydrogen) atoms. The molecule has 1 aromatic rings. The van der Waals surface area contributed by atoms with Crippen LogP contribution in [0.15, 0.2) is 10.4 Å². The minimum Gasteiger partial charge on any atom is -0.453 e. The van der Waals surface area contributed by atoms with Crippen molar-refractivity contribution in [3.05, 3.63) is 11.1 Å². The molecule has 1 fully saturated rings. The highest BCUT2D eigenvalue weighted by atomic mass is 32.1. The number of nitrogens with one attached hydrogen (secondary N) is 2. The van der Waals surface area contributed by atoms with Crippen LogP contribution < -0.4 is 15.5 Å². The average molecular weight is 354 g/mol. The Morgan fingerprint density at radius 1 is 1.50 bits per heavy atom. The van der Waals surface area contributed by atoms with Crippen LogP contribution in [0.4, 0.5) is 9.93 Å². The molecule has 2 heterocycles. The molecule has 0 unspecified atom stereocenters. The number of amides is 1. The monoisotopic (exact) mass is 354 g/mol. The number of aromatic nitrogens is 1. The van der Waals surface area contributed by atoms with Gasteiger partial charge in [0.2, 0.25) is 0 Å². The first-order valence-electron chi connectivity index (χ1n) is 7.95. The Morgan fingerprint density at radius 3 is 2.75 bits per heavy atom. The number of carbonyl (C=O) groups excluding carboxylic acids is 1. The summed E-state index contributed by atoms with van der Waals surface area (Å²) in [5.41, 5.74) is 0.993. The van der Waals surface area contributed by atoms with Gasteiger partial charge in [0.05, 0.1) is 19.3 Å². The quantitative estimate of drug-likeness (QED) is 0.623. The summed E-state index contributed by atoms with van der Waals surface area (Å²) in [6.07, 6.45) is 1.49. The molecule has 0 bridgehead atoms. The van der Waals surface area contributed by atoms with Gasteiger partial charge in [-0.15, -0.1) is 11.3 Å². The molecule has 1 saturated heterocycles. The van der Waals surface area contributed by atoms with Crippen LogP contribution in [0.25, 0.3) is 0 Å². The first kappa shape index (κ1) is 18.3. The van der Waals surface area contributed by atoms with Crippen molar-refractivity contribution in [2.75, 3.05) is 46.2 Å². The largest absolute Gasteiger partial charge is 0.453 e. The van der Waals surface area contributed by atoms with Crippen LogP contribution >= 0.6 is 11.3 Å². The van der Waals surface area contributed by atoms with Crippen LogP contribution in [-0.4, -0.2) is 69.3 Å². The first-order valence-corrected chi connectivity index (χ1v) is 8.83. The van der Waals surface area contributed by atoms with Crippen molar-refractivity contribution in [3.8, 4) is 0 Å². The lowest BCUT2D eigenvalue weighted by Gasteiger charge is -2.32. The molecule has 2 rings (SSSR count). The van der Waals surface area contributed by atoms with Crippen molar-refractivity contribution in [2.24, 2.45) is 4.99 Å². The van der Waals surface area contributed by atoms with E-state index in [-0.39, 0.29) is 6.09 Å². The first-order chi connectivity index (χ1) is 11.5. The smallest absolute Gasteiger partial charge is 0.409 e. The van der Waals surface area contributed by atoms with Crippen molar-refractivity contribution < 1.29 is 9.53 Å². The number of likely N-dealkylation sites (tertiary alicyclic amines) is 1. The van der Waals surface area contributed by atoms with Gasteiger partial charge in [0, 0.05) is 45.7 Å². The zero-order valence-corrected chi connectivity index (χ0v) is 15.5. The molecule has 9 heteroatoms. The van der Waals surface area contributed by atoms with E-state index >= 15 is 0 Å². The summed E-state index contributed by atoms with van der Waals surface area (Å²) in [4.78, 5) is 24.0. The van der Waals surface area contributed by atoms with Gasteiger partial charge >= 0.3 is 6.09 Å². The highest BCUT2D eigenvalue weighted by molar-refractivity contribution is 7.13. The SMILES string of the molecule is CN=C(NCc1csc(N(C)C)n1)NC1CCN(C(=O)OC)CC1. The normalized spacial score (nSPS) is 16.0. The molecule has 0 saturated carbocycles. The van der Waals surface area contributed by atoms with E-state index in [1.54, 1.807) is 23.3 Å². The molecular formula is C15H26N6O2S. The number of hydrogen-bond donors (Lipinski definition) is 2. The average Bonchev–Trinajstić information content (AvgIpc) is 3.07. The van der Waals surface area contributed by atoms with E-state index < -0.39 is 0 Å². The van der Waals surface area contributed by atoms with Crippen molar-refractivity contribution in [3.63, 3.8) is 0 Å². The van der Waals surface area contributed by atoms with E-state index in [2.05, 4.69) is 20.6 Å². The maximum atomic E-state index is 11.5. The highest BCUT2D eigenvalue weighted by Crippen LogP contribution is 2.17. The van der Waals surface area contributed by atoms with E-state index in [4.69, 9.17) is 4.74 Å². The lowest BCUT2D eigenvalue weighted by atomic mass is 10.1. The predicted octanol–water partition coefficient (Wildman–Crippen LogP) is 1.10. The maximum absolute atomic E-state index is 11.5. The van der Waals surface area contributed by atoms with Crippen LogP contribution in [-0.2, 0) is 11.3 Å². The van der Waals surface area contributed by atoms with Gasteiger partial charge < -0.3 is 25.2 Å². The number of thiazole rings is 1. The number of hydrogen-bond acceptors (Lipinski definition) is 6. The number of aliphatic imine (C=N–C) groups is 1. The molecule has 0 spiro atoms. The summed E-state index contributed by atoms with van der Waals surface area (Å²) >= 11 is 1.62. The number of methoxy groups -OCH3 is 1. The van der Waals surface area contributed by atoms with Gasteiger partial charge in [0.1, 0.15) is 0 Å². The third-order valence-electron chi connectivity index (χ3n) is 3.85. The zero-order valence-electron chi connectivity index (χ0n) is 14.7. The second-order valence-corrected chi connectivity index (χ2v) is 6.65. The molecular weight excluding hydrogens is 328 g/mol. The van der Waals surface area contributed by atoms with E-state index in [9.17, 15) is 4.79 Å². The van der Waals surface area contributed by atoms with Gasteiger partial charge in [-0.2, -0.15) is 0 Å². The number of rotatable bonds is 4. The Morgan fingerprint density at radius 2 is 2.21 bits per heavy atom. The summed E-state index contributed by atoms with van der Waals surface area (Å²) < 4.78 is 4.75. The number of piperidine rings is 1. The fraction of sp³-hybridized carbons (Fsp3) is 0.667. The highest BCUT2D eigenvalue weighted by Gasteiger charge is 2.23. The van der Waals surface area contributed by atoms with Gasteiger partial charge in [0.25, 0.3) is 0 Å². The molecule has 1 aliphatic heterocycles. The standard InChI is InChI=1S/C15H26N6O2S/c1-16-13(17-9-12-10-24-14(19-12)20(2)3)18-11-5-7-21(8-6-11)15(22)23-4/h10-11H,5-9H2,1-4H3,(H2,16,17,18).